The molecule has 0 bridgehead atoms. The zero-order chi connectivity index (χ0) is 20.8. The molecule has 3 rings (SSSR count). The first-order chi connectivity index (χ1) is 14.0. The topological polar surface area (TPSA) is 75.0 Å². The lowest BCUT2D eigenvalue weighted by molar-refractivity contribution is -0.152. The largest absolute Gasteiger partial charge is 0.479 e. The lowest BCUT2D eigenvalue weighted by atomic mass is 10.2. The van der Waals surface area contributed by atoms with E-state index < -0.39 is 12.1 Å². The average molecular weight is 461 g/mol. The number of ether oxygens (including phenoxy) is 3. The number of hydrogen-bond acceptors (Lipinski definition) is 6. The van der Waals surface area contributed by atoms with Crippen molar-refractivity contribution >= 4 is 32.9 Å². The highest BCUT2D eigenvalue weighted by molar-refractivity contribution is 9.10. The molecule has 2 aromatic carbocycles. The second-order valence-electron chi connectivity index (χ2n) is 6.30. The molecule has 1 atom stereocenters. The smallest absolute Gasteiger partial charge is 0.347 e. The number of fused-ring (bicyclic) bond motifs is 1. The summed E-state index contributed by atoms with van der Waals surface area (Å²) in [6, 6.07) is 12.0. The lowest BCUT2D eigenvalue weighted by Crippen LogP contribution is -2.28. The molecule has 6 nitrogen and oxygen atoms in total. The van der Waals surface area contributed by atoms with Gasteiger partial charge in [0.1, 0.15) is 23.3 Å². The summed E-state index contributed by atoms with van der Waals surface area (Å²) < 4.78 is 22.9. The fraction of sp³-hybridized carbons (Fsp3) is 0.273. The molecular formula is C22H21BrO6. The molecule has 0 aliphatic rings. The van der Waals surface area contributed by atoms with Crippen molar-refractivity contribution in [1.29, 1.82) is 0 Å². The van der Waals surface area contributed by atoms with E-state index in [4.69, 9.17) is 18.6 Å². The second kappa shape index (κ2) is 9.60. The first-order valence-electron chi connectivity index (χ1n) is 9.34. The Labute approximate surface area is 176 Å². The minimum atomic E-state index is -0.719. The van der Waals surface area contributed by atoms with Gasteiger partial charge in [0.25, 0.3) is 0 Å². The third-order valence-corrected chi connectivity index (χ3v) is 4.79. The van der Waals surface area contributed by atoms with Crippen LogP contribution < -0.4 is 14.9 Å². The van der Waals surface area contributed by atoms with Crippen LogP contribution in [0.5, 0.6) is 17.2 Å². The Hall–Kier alpha value is -2.80. The number of esters is 1. The Morgan fingerprint density at radius 2 is 1.93 bits per heavy atom. The molecule has 0 saturated carbocycles. The third-order valence-electron chi connectivity index (χ3n) is 4.13. The Morgan fingerprint density at radius 1 is 1.14 bits per heavy atom. The van der Waals surface area contributed by atoms with Crippen LogP contribution in [0.3, 0.4) is 0 Å². The minimum absolute atomic E-state index is 0.0765. The van der Waals surface area contributed by atoms with E-state index in [1.807, 2.05) is 32.0 Å². The molecule has 0 unspecified atom stereocenters. The Morgan fingerprint density at radius 3 is 2.66 bits per heavy atom. The number of benzene rings is 2. The molecule has 1 aromatic heterocycles. The van der Waals surface area contributed by atoms with Gasteiger partial charge in [-0.1, -0.05) is 26.0 Å². The van der Waals surface area contributed by atoms with Crippen molar-refractivity contribution in [2.45, 2.75) is 32.8 Å². The van der Waals surface area contributed by atoms with Gasteiger partial charge in [-0.2, -0.15) is 0 Å². The van der Waals surface area contributed by atoms with E-state index in [1.54, 1.807) is 24.3 Å². The Bertz CT molecular complexity index is 1060. The number of rotatable bonds is 8. The summed E-state index contributed by atoms with van der Waals surface area (Å²) in [6.45, 7) is 4.12. The molecule has 0 spiro atoms. The number of carbonyl (C=O) groups is 1. The molecule has 0 N–H and O–H groups in total. The van der Waals surface area contributed by atoms with Crippen molar-refractivity contribution in [3.8, 4) is 17.2 Å². The van der Waals surface area contributed by atoms with Crippen LogP contribution in [0.15, 0.2) is 62.4 Å². The fourth-order valence-electron chi connectivity index (χ4n) is 2.64. The molecule has 3 aromatic rings. The summed E-state index contributed by atoms with van der Waals surface area (Å²) in [5.74, 6) is 0.594. The first-order valence-corrected chi connectivity index (χ1v) is 10.1. The zero-order valence-electron chi connectivity index (χ0n) is 16.1. The molecule has 0 aliphatic carbocycles. The van der Waals surface area contributed by atoms with Gasteiger partial charge in [0, 0.05) is 6.07 Å². The number of para-hydroxylation sites is 1. The minimum Gasteiger partial charge on any atom is -0.479 e. The van der Waals surface area contributed by atoms with Crippen molar-refractivity contribution in [3.05, 3.63) is 63.4 Å². The predicted molar refractivity (Wildman–Crippen MR) is 113 cm³/mol. The highest BCUT2D eigenvalue weighted by Gasteiger charge is 2.20. The average Bonchev–Trinajstić information content (AvgIpc) is 2.73. The van der Waals surface area contributed by atoms with Crippen LogP contribution in [0.1, 0.15) is 26.7 Å². The third kappa shape index (κ3) is 4.98. The van der Waals surface area contributed by atoms with E-state index in [0.29, 0.717) is 35.5 Å². The maximum Gasteiger partial charge on any atom is 0.347 e. The molecule has 0 radical (unpaired) electrons. The van der Waals surface area contributed by atoms with E-state index in [2.05, 4.69) is 15.9 Å². The summed E-state index contributed by atoms with van der Waals surface area (Å²) in [7, 11) is 0. The van der Waals surface area contributed by atoms with Gasteiger partial charge in [-0.25, -0.2) is 4.79 Å². The highest BCUT2D eigenvalue weighted by atomic mass is 79.9. The van der Waals surface area contributed by atoms with E-state index in [-0.39, 0.29) is 11.2 Å². The van der Waals surface area contributed by atoms with Gasteiger partial charge in [-0.15, -0.1) is 0 Å². The summed E-state index contributed by atoms with van der Waals surface area (Å²) in [4.78, 5) is 24.8. The highest BCUT2D eigenvalue weighted by Crippen LogP contribution is 2.29. The lowest BCUT2D eigenvalue weighted by Gasteiger charge is -2.16. The quantitative estimate of drug-likeness (QED) is 0.415. The molecule has 152 valence electrons. The zero-order valence-corrected chi connectivity index (χ0v) is 17.7. The summed E-state index contributed by atoms with van der Waals surface area (Å²) in [5, 5.41) is 0.350. The second-order valence-corrected chi connectivity index (χ2v) is 7.16. The van der Waals surface area contributed by atoms with Crippen LogP contribution in [-0.4, -0.2) is 18.7 Å². The van der Waals surface area contributed by atoms with Gasteiger partial charge < -0.3 is 18.6 Å². The molecule has 0 aliphatic heterocycles. The van der Waals surface area contributed by atoms with Gasteiger partial charge in [0.2, 0.25) is 11.2 Å². The maximum absolute atomic E-state index is 12.7. The molecular weight excluding hydrogens is 440 g/mol. The van der Waals surface area contributed by atoms with Crippen LogP contribution >= 0.6 is 15.9 Å². The van der Waals surface area contributed by atoms with Crippen LogP contribution in [0.2, 0.25) is 0 Å². The van der Waals surface area contributed by atoms with Crippen molar-refractivity contribution in [2.24, 2.45) is 0 Å². The molecule has 1 heterocycles. The Balaban J connectivity index is 1.83. The van der Waals surface area contributed by atoms with E-state index in [9.17, 15) is 9.59 Å². The van der Waals surface area contributed by atoms with Gasteiger partial charge in [-0.3, -0.25) is 4.79 Å². The Kier molecular flexibility index (Phi) is 6.93. The van der Waals surface area contributed by atoms with Crippen LogP contribution in [0.4, 0.5) is 0 Å². The van der Waals surface area contributed by atoms with E-state index in [1.165, 1.54) is 6.26 Å². The standard InChI is InChI=1S/C22H21BrO6/c1-3-11-26-22(25)17(4-2)28-14-9-10-15-19(12-14)27-13-20(21(15)24)29-18-8-6-5-7-16(18)23/h5-10,12-13,17H,3-4,11H2,1-2H3/t17-/m1/s1. The SMILES string of the molecule is CCCOC(=O)[C@@H](CC)Oc1ccc2c(=O)c(Oc3ccccc3Br)coc2c1. The molecule has 29 heavy (non-hydrogen) atoms. The summed E-state index contributed by atoms with van der Waals surface area (Å²) >= 11 is 3.38. The normalized spacial score (nSPS) is 11.8. The van der Waals surface area contributed by atoms with E-state index >= 15 is 0 Å². The van der Waals surface area contributed by atoms with Gasteiger partial charge in [0.15, 0.2) is 6.10 Å². The van der Waals surface area contributed by atoms with Crippen molar-refractivity contribution in [2.75, 3.05) is 6.61 Å². The number of carbonyl (C=O) groups excluding carboxylic acids is 1. The van der Waals surface area contributed by atoms with Crippen LogP contribution in [0, 0.1) is 0 Å². The van der Waals surface area contributed by atoms with Crippen molar-refractivity contribution in [1.82, 2.24) is 0 Å². The molecule has 0 saturated heterocycles. The van der Waals surface area contributed by atoms with Gasteiger partial charge in [0.05, 0.1) is 16.5 Å². The summed E-state index contributed by atoms with van der Waals surface area (Å²) in [5.41, 5.74) is 0.0340. The van der Waals surface area contributed by atoms with Crippen molar-refractivity contribution < 1.29 is 23.4 Å². The number of halogens is 1. The summed E-state index contributed by atoms with van der Waals surface area (Å²) in [6.07, 6.45) is 1.75. The van der Waals surface area contributed by atoms with Crippen LogP contribution in [-0.2, 0) is 9.53 Å². The van der Waals surface area contributed by atoms with Gasteiger partial charge >= 0.3 is 5.97 Å². The fourth-order valence-corrected chi connectivity index (χ4v) is 3.00. The molecule has 0 amide bonds. The first kappa shape index (κ1) is 20.9. The van der Waals surface area contributed by atoms with Crippen LogP contribution in [0.25, 0.3) is 11.0 Å². The molecule has 0 fully saturated rings. The molecule has 7 heteroatoms. The monoisotopic (exact) mass is 460 g/mol. The number of hydrogen-bond donors (Lipinski definition) is 0. The maximum atomic E-state index is 12.7. The van der Waals surface area contributed by atoms with Gasteiger partial charge in [-0.05, 0) is 53.0 Å². The predicted octanol–water partition coefficient (Wildman–Crippen LogP) is 5.46. The van der Waals surface area contributed by atoms with Crippen molar-refractivity contribution in [3.63, 3.8) is 0 Å². The van der Waals surface area contributed by atoms with E-state index in [0.717, 1.165) is 10.9 Å².